The Morgan fingerprint density at radius 2 is 2.00 bits per heavy atom. The molecule has 2 aromatic rings. The highest BCUT2D eigenvalue weighted by molar-refractivity contribution is 5.17. The van der Waals surface area contributed by atoms with Gasteiger partial charge in [-0.15, -0.1) is 0 Å². The third kappa shape index (κ3) is 5.34. The lowest BCUT2D eigenvalue weighted by Gasteiger charge is -2.24. The van der Waals surface area contributed by atoms with Gasteiger partial charge in [-0.3, -0.25) is 4.90 Å². The number of nitrogens with zero attached hydrogens (tertiary/aromatic N) is 1. The SMILES string of the molecule is COCCCN(Cc1ccco1)CC(O)c1ccccc1. The Bertz CT molecular complexity index is 484. The van der Waals surface area contributed by atoms with Gasteiger partial charge in [-0.05, 0) is 24.1 Å². The van der Waals surface area contributed by atoms with Gasteiger partial charge in [0.25, 0.3) is 0 Å². The summed E-state index contributed by atoms with van der Waals surface area (Å²) in [6, 6.07) is 13.6. The van der Waals surface area contributed by atoms with Crippen LogP contribution in [-0.2, 0) is 11.3 Å². The smallest absolute Gasteiger partial charge is 0.117 e. The summed E-state index contributed by atoms with van der Waals surface area (Å²) in [7, 11) is 1.70. The topological polar surface area (TPSA) is 45.8 Å². The van der Waals surface area contributed by atoms with Gasteiger partial charge in [0.2, 0.25) is 0 Å². The summed E-state index contributed by atoms with van der Waals surface area (Å²) >= 11 is 0. The zero-order chi connectivity index (χ0) is 14.9. The van der Waals surface area contributed by atoms with Crippen molar-refractivity contribution in [1.82, 2.24) is 4.90 Å². The Morgan fingerprint density at radius 3 is 2.67 bits per heavy atom. The third-order valence-corrected chi connectivity index (χ3v) is 3.40. The minimum atomic E-state index is -0.497. The second kappa shape index (κ2) is 8.62. The molecule has 0 amide bonds. The van der Waals surface area contributed by atoms with Crippen molar-refractivity contribution in [1.29, 1.82) is 0 Å². The minimum absolute atomic E-state index is 0.497. The number of hydrogen-bond donors (Lipinski definition) is 1. The molecule has 0 saturated carbocycles. The Morgan fingerprint density at radius 1 is 1.19 bits per heavy atom. The summed E-state index contributed by atoms with van der Waals surface area (Å²) in [4.78, 5) is 2.19. The molecular formula is C17H23NO3. The lowest BCUT2D eigenvalue weighted by atomic mass is 10.1. The molecule has 0 bridgehead atoms. The van der Waals surface area contributed by atoms with E-state index < -0.39 is 6.10 Å². The van der Waals surface area contributed by atoms with Crippen molar-refractivity contribution in [2.75, 3.05) is 26.8 Å². The van der Waals surface area contributed by atoms with E-state index in [2.05, 4.69) is 4.90 Å². The molecule has 1 heterocycles. The molecular weight excluding hydrogens is 266 g/mol. The van der Waals surface area contributed by atoms with Crippen LogP contribution in [0.4, 0.5) is 0 Å². The molecule has 4 nitrogen and oxygen atoms in total. The average Bonchev–Trinajstić information content (AvgIpc) is 3.01. The van der Waals surface area contributed by atoms with Crippen LogP contribution in [-0.4, -0.2) is 36.8 Å². The number of rotatable bonds is 9. The molecule has 1 aromatic carbocycles. The molecule has 0 spiro atoms. The molecule has 0 fully saturated rings. The Hall–Kier alpha value is -1.62. The maximum absolute atomic E-state index is 10.4. The first-order valence-corrected chi connectivity index (χ1v) is 7.26. The predicted octanol–water partition coefficient (Wildman–Crippen LogP) is 2.85. The molecule has 0 aliphatic heterocycles. The molecule has 4 heteroatoms. The first-order valence-electron chi connectivity index (χ1n) is 7.26. The average molecular weight is 289 g/mol. The van der Waals surface area contributed by atoms with E-state index >= 15 is 0 Å². The lowest BCUT2D eigenvalue weighted by Crippen LogP contribution is -2.29. The first kappa shape index (κ1) is 15.8. The number of furan rings is 1. The fourth-order valence-electron chi connectivity index (χ4n) is 2.32. The van der Waals surface area contributed by atoms with E-state index in [1.54, 1.807) is 13.4 Å². The molecule has 2 rings (SSSR count). The molecule has 0 aliphatic rings. The standard InChI is InChI=1S/C17H23NO3/c1-20-11-6-10-18(13-16-9-5-12-21-16)14-17(19)15-7-3-2-4-8-15/h2-5,7-9,12,17,19H,6,10-11,13-14H2,1H3. The summed E-state index contributed by atoms with van der Waals surface area (Å²) in [6.07, 6.45) is 2.11. The van der Waals surface area contributed by atoms with E-state index in [9.17, 15) is 5.11 Å². The number of benzene rings is 1. The fraction of sp³-hybridized carbons (Fsp3) is 0.412. The largest absolute Gasteiger partial charge is 0.468 e. The van der Waals surface area contributed by atoms with E-state index in [4.69, 9.17) is 9.15 Å². The first-order chi connectivity index (χ1) is 10.3. The lowest BCUT2D eigenvalue weighted by molar-refractivity contribution is 0.0956. The number of aliphatic hydroxyl groups excluding tert-OH is 1. The van der Waals surface area contributed by atoms with Gasteiger partial charge in [0.05, 0.1) is 18.9 Å². The molecule has 114 valence electrons. The molecule has 0 aliphatic carbocycles. The molecule has 0 radical (unpaired) electrons. The van der Waals surface area contributed by atoms with Crippen LogP contribution >= 0.6 is 0 Å². The van der Waals surface area contributed by atoms with E-state index in [1.807, 2.05) is 42.5 Å². The van der Waals surface area contributed by atoms with Crippen LogP contribution in [0.2, 0.25) is 0 Å². The second-order valence-electron chi connectivity index (χ2n) is 5.09. The van der Waals surface area contributed by atoms with Crippen molar-refractivity contribution in [3.63, 3.8) is 0 Å². The fourth-order valence-corrected chi connectivity index (χ4v) is 2.32. The number of hydrogen-bond acceptors (Lipinski definition) is 4. The predicted molar refractivity (Wildman–Crippen MR) is 81.9 cm³/mol. The number of ether oxygens (including phenoxy) is 1. The Labute approximate surface area is 126 Å². The van der Waals surface area contributed by atoms with Crippen molar-refractivity contribution in [2.24, 2.45) is 0 Å². The van der Waals surface area contributed by atoms with Gasteiger partial charge in [-0.2, -0.15) is 0 Å². The van der Waals surface area contributed by atoms with Crippen LogP contribution in [0.25, 0.3) is 0 Å². The van der Waals surface area contributed by atoms with E-state index in [0.29, 0.717) is 13.1 Å². The number of methoxy groups -OCH3 is 1. The summed E-state index contributed by atoms with van der Waals surface area (Å²) in [6.45, 7) is 2.85. The second-order valence-corrected chi connectivity index (χ2v) is 5.09. The normalized spacial score (nSPS) is 12.7. The van der Waals surface area contributed by atoms with Crippen molar-refractivity contribution in [3.05, 3.63) is 60.1 Å². The summed E-state index contributed by atoms with van der Waals surface area (Å²) in [5.41, 5.74) is 0.939. The van der Waals surface area contributed by atoms with Crippen LogP contribution in [0.5, 0.6) is 0 Å². The highest BCUT2D eigenvalue weighted by Crippen LogP contribution is 2.16. The van der Waals surface area contributed by atoms with Gasteiger partial charge in [-0.1, -0.05) is 30.3 Å². The van der Waals surface area contributed by atoms with Gasteiger partial charge in [-0.25, -0.2) is 0 Å². The summed E-state index contributed by atoms with van der Waals surface area (Å²) in [5, 5.41) is 10.4. The number of aliphatic hydroxyl groups is 1. The van der Waals surface area contributed by atoms with Crippen LogP contribution in [0.15, 0.2) is 53.1 Å². The van der Waals surface area contributed by atoms with E-state index in [1.165, 1.54) is 0 Å². The molecule has 1 aromatic heterocycles. The maximum atomic E-state index is 10.4. The molecule has 0 saturated heterocycles. The maximum Gasteiger partial charge on any atom is 0.117 e. The molecule has 1 atom stereocenters. The van der Waals surface area contributed by atoms with Crippen molar-refractivity contribution in [3.8, 4) is 0 Å². The molecule has 1 unspecified atom stereocenters. The minimum Gasteiger partial charge on any atom is -0.468 e. The van der Waals surface area contributed by atoms with Gasteiger partial charge in [0, 0.05) is 26.8 Å². The monoisotopic (exact) mass is 289 g/mol. The Balaban J connectivity index is 1.94. The Kier molecular flexibility index (Phi) is 6.47. The van der Waals surface area contributed by atoms with E-state index in [-0.39, 0.29) is 0 Å². The van der Waals surface area contributed by atoms with Gasteiger partial charge < -0.3 is 14.3 Å². The molecule has 21 heavy (non-hydrogen) atoms. The van der Waals surface area contributed by atoms with Crippen LogP contribution in [0.3, 0.4) is 0 Å². The molecule has 1 N–H and O–H groups in total. The van der Waals surface area contributed by atoms with E-state index in [0.717, 1.165) is 30.9 Å². The summed E-state index contributed by atoms with van der Waals surface area (Å²) in [5.74, 6) is 0.910. The van der Waals surface area contributed by atoms with Gasteiger partial charge in [0.1, 0.15) is 5.76 Å². The van der Waals surface area contributed by atoms with Crippen molar-refractivity contribution >= 4 is 0 Å². The third-order valence-electron chi connectivity index (χ3n) is 3.40. The van der Waals surface area contributed by atoms with Crippen molar-refractivity contribution < 1.29 is 14.3 Å². The van der Waals surface area contributed by atoms with Gasteiger partial charge >= 0.3 is 0 Å². The highest BCUT2D eigenvalue weighted by Gasteiger charge is 2.14. The van der Waals surface area contributed by atoms with Crippen LogP contribution in [0, 0.1) is 0 Å². The van der Waals surface area contributed by atoms with Gasteiger partial charge in [0.15, 0.2) is 0 Å². The zero-order valence-corrected chi connectivity index (χ0v) is 12.4. The van der Waals surface area contributed by atoms with Crippen LogP contribution < -0.4 is 0 Å². The van der Waals surface area contributed by atoms with Crippen LogP contribution in [0.1, 0.15) is 23.8 Å². The zero-order valence-electron chi connectivity index (χ0n) is 12.4. The highest BCUT2D eigenvalue weighted by atomic mass is 16.5. The van der Waals surface area contributed by atoms with Crippen molar-refractivity contribution in [2.45, 2.75) is 19.1 Å². The summed E-state index contributed by atoms with van der Waals surface area (Å²) < 4.78 is 10.5. The quantitative estimate of drug-likeness (QED) is 0.721.